The normalized spacial score (nSPS) is 18.6. The topological polar surface area (TPSA) is 56.6 Å². The highest BCUT2D eigenvalue weighted by Crippen LogP contribution is 2.33. The second-order valence-corrected chi connectivity index (χ2v) is 7.22. The van der Waals surface area contributed by atoms with E-state index in [9.17, 15) is 4.79 Å². The summed E-state index contributed by atoms with van der Waals surface area (Å²) in [5.74, 6) is 2.24. The van der Waals surface area contributed by atoms with Gasteiger partial charge in [0.25, 0.3) is 5.91 Å². The Bertz CT molecular complexity index is 1010. The molecule has 5 rings (SSSR count). The minimum Gasteiger partial charge on any atom is -0.485 e. The third-order valence-corrected chi connectivity index (χ3v) is 5.34. The highest BCUT2D eigenvalue weighted by atomic mass is 16.6. The maximum absolute atomic E-state index is 12.8. The number of hydrogen-bond acceptors (Lipinski definition) is 4. The first-order valence-corrected chi connectivity index (χ1v) is 9.47. The van der Waals surface area contributed by atoms with E-state index < -0.39 is 6.10 Å². The third-order valence-electron chi connectivity index (χ3n) is 5.34. The molecule has 1 saturated heterocycles. The van der Waals surface area contributed by atoms with Gasteiger partial charge in [-0.2, -0.15) is 0 Å². The summed E-state index contributed by atoms with van der Waals surface area (Å²) in [6.07, 6.45) is 1.30. The van der Waals surface area contributed by atoms with Crippen LogP contribution in [-0.2, 0) is 4.79 Å². The lowest BCUT2D eigenvalue weighted by atomic mass is 10.1. The van der Waals surface area contributed by atoms with Crippen molar-refractivity contribution >= 4 is 5.91 Å². The van der Waals surface area contributed by atoms with Gasteiger partial charge >= 0.3 is 0 Å². The molecule has 0 aliphatic carbocycles. The fraction of sp³-hybridized carbons (Fsp3) is 0.273. The average molecular weight is 375 g/mol. The van der Waals surface area contributed by atoms with Crippen molar-refractivity contribution in [2.45, 2.75) is 19.1 Å². The molecule has 6 nitrogen and oxygen atoms in total. The lowest BCUT2D eigenvalue weighted by Gasteiger charge is -2.42. The fourth-order valence-corrected chi connectivity index (χ4v) is 3.85. The van der Waals surface area contributed by atoms with E-state index in [1.165, 1.54) is 0 Å². The molecule has 2 aliphatic rings. The van der Waals surface area contributed by atoms with Gasteiger partial charge in [0.05, 0.1) is 6.04 Å². The number of imidazole rings is 1. The molecule has 1 fully saturated rings. The maximum Gasteiger partial charge on any atom is 0.267 e. The van der Waals surface area contributed by atoms with Gasteiger partial charge in [0.15, 0.2) is 11.5 Å². The van der Waals surface area contributed by atoms with Gasteiger partial charge in [-0.1, -0.05) is 42.5 Å². The Morgan fingerprint density at radius 3 is 2.54 bits per heavy atom. The molecule has 3 heterocycles. The molecular formula is C22H21N3O3. The SMILES string of the molecule is Cc1cnc(-c2ccccc2)n1C1CN(C(=O)C2COc3ccccc3O2)C1. The molecule has 6 heteroatoms. The molecule has 3 aromatic rings. The van der Waals surface area contributed by atoms with Crippen molar-refractivity contribution < 1.29 is 14.3 Å². The Morgan fingerprint density at radius 2 is 1.75 bits per heavy atom. The van der Waals surface area contributed by atoms with Crippen LogP contribution in [-0.4, -0.2) is 46.2 Å². The Morgan fingerprint density at radius 1 is 1.04 bits per heavy atom. The van der Waals surface area contributed by atoms with Gasteiger partial charge in [0, 0.05) is 30.5 Å². The molecular weight excluding hydrogens is 354 g/mol. The molecule has 1 amide bonds. The van der Waals surface area contributed by atoms with Crippen LogP contribution in [0.25, 0.3) is 11.4 Å². The predicted molar refractivity (Wildman–Crippen MR) is 104 cm³/mol. The first kappa shape index (κ1) is 16.9. The summed E-state index contributed by atoms with van der Waals surface area (Å²) in [4.78, 5) is 19.3. The Hall–Kier alpha value is -3.28. The standard InChI is InChI=1S/C22H21N3O3/c1-15-11-23-21(16-7-3-2-4-8-16)25(15)17-12-24(13-17)22(26)20-14-27-18-9-5-6-10-19(18)28-20/h2-11,17,20H,12-14H2,1H3. The maximum atomic E-state index is 12.8. The zero-order valence-electron chi connectivity index (χ0n) is 15.6. The Balaban J connectivity index is 1.29. The van der Waals surface area contributed by atoms with Crippen LogP contribution < -0.4 is 9.47 Å². The Kier molecular flexibility index (Phi) is 4.04. The van der Waals surface area contributed by atoms with E-state index in [1.54, 1.807) is 0 Å². The smallest absolute Gasteiger partial charge is 0.267 e. The van der Waals surface area contributed by atoms with E-state index in [0.717, 1.165) is 17.1 Å². The summed E-state index contributed by atoms with van der Waals surface area (Å²) in [5, 5.41) is 0. The van der Waals surface area contributed by atoms with Crippen LogP contribution in [0.4, 0.5) is 0 Å². The van der Waals surface area contributed by atoms with Gasteiger partial charge in [-0.05, 0) is 19.1 Å². The molecule has 0 spiro atoms. The first-order valence-electron chi connectivity index (χ1n) is 9.47. The van der Waals surface area contributed by atoms with Gasteiger partial charge in [-0.15, -0.1) is 0 Å². The van der Waals surface area contributed by atoms with Crippen molar-refractivity contribution in [3.63, 3.8) is 0 Å². The van der Waals surface area contributed by atoms with Crippen LogP contribution in [0, 0.1) is 6.92 Å². The van der Waals surface area contributed by atoms with Crippen LogP contribution in [0.5, 0.6) is 11.5 Å². The van der Waals surface area contributed by atoms with E-state index in [4.69, 9.17) is 9.47 Å². The monoisotopic (exact) mass is 375 g/mol. The second kappa shape index (κ2) is 6.71. The predicted octanol–water partition coefficient (Wildman–Crippen LogP) is 3.08. The second-order valence-electron chi connectivity index (χ2n) is 7.22. The van der Waals surface area contributed by atoms with Crippen molar-refractivity contribution in [3.8, 4) is 22.9 Å². The third kappa shape index (κ3) is 2.81. The molecule has 1 atom stereocenters. The van der Waals surface area contributed by atoms with E-state index in [2.05, 4.69) is 28.6 Å². The van der Waals surface area contributed by atoms with Crippen LogP contribution in [0.15, 0.2) is 60.8 Å². The number of fused-ring (bicyclic) bond motifs is 1. The summed E-state index contributed by atoms with van der Waals surface area (Å²) in [5.41, 5.74) is 2.18. The van der Waals surface area contributed by atoms with Crippen LogP contribution in [0.2, 0.25) is 0 Å². The molecule has 1 aromatic heterocycles. The molecule has 0 radical (unpaired) electrons. The number of likely N-dealkylation sites (tertiary alicyclic amines) is 1. The number of carbonyl (C=O) groups is 1. The van der Waals surface area contributed by atoms with Gasteiger partial charge in [-0.25, -0.2) is 4.98 Å². The number of carbonyl (C=O) groups excluding carboxylic acids is 1. The van der Waals surface area contributed by atoms with Crippen LogP contribution >= 0.6 is 0 Å². The van der Waals surface area contributed by atoms with E-state index in [-0.39, 0.29) is 18.6 Å². The van der Waals surface area contributed by atoms with Crippen molar-refractivity contribution in [2.24, 2.45) is 0 Å². The zero-order valence-corrected chi connectivity index (χ0v) is 15.6. The minimum absolute atomic E-state index is 0.0233. The highest BCUT2D eigenvalue weighted by molar-refractivity contribution is 5.82. The number of ether oxygens (including phenoxy) is 2. The van der Waals surface area contributed by atoms with Gasteiger partial charge < -0.3 is 18.9 Å². The molecule has 2 aromatic carbocycles. The molecule has 2 aliphatic heterocycles. The number of nitrogens with zero attached hydrogens (tertiary/aromatic N) is 3. The molecule has 1 unspecified atom stereocenters. The Labute approximate surface area is 163 Å². The van der Waals surface area contributed by atoms with Crippen molar-refractivity contribution in [1.82, 2.24) is 14.5 Å². The first-order chi connectivity index (χ1) is 13.7. The summed E-state index contributed by atoms with van der Waals surface area (Å²) in [6.45, 7) is 3.60. The van der Waals surface area contributed by atoms with Crippen molar-refractivity contribution in [1.29, 1.82) is 0 Å². The number of amides is 1. The van der Waals surface area contributed by atoms with Crippen molar-refractivity contribution in [2.75, 3.05) is 19.7 Å². The number of aromatic nitrogens is 2. The lowest BCUT2D eigenvalue weighted by Crippen LogP contribution is -2.56. The number of benzene rings is 2. The summed E-state index contributed by atoms with van der Waals surface area (Å²) >= 11 is 0. The van der Waals surface area contributed by atoms with E-state index in [1.807, 2.05) is 53.6 Å². The average Bonchev–Trinajstić information content (AvgIpc) is 3.08. The quantitative estimate of drug-likeness (QED) is 0.706. The summed E-state index contributed by atoms with van der Waals surface area (Å²) in [7, 11) is 0. The summed E-state index contributed by atoms with van der Waals surface area (Å²) in [6, 6.07) is 17.8. The zero-order chi connectivity index (χ0) is 19.1. The summed E-state index contributed by atoms with van der Waals surface area (Å²) < 4.78 is 13.8. The number of aryl methyl sites for hydroxylation is 1. The fourth-order valence-electron chi connectivity index (χ4n) is 3.85. The molecule has 28 heavy (non-hydrogen) atoms. The largest absolute Gasteiger partial charge is 0.485 e. The van der Waals surface area contributed by atoms with Gasteiger partial charge in [0.2, 0.25) is 6.10 Å². The molecule has 142 valence electrons. The number of para-hydroxylation sites is 2. The lowest BCUT2D eigenvalue weighted by molar-refractivity contribution is -0.147. The number of rotatable bonds is 3. The van der Waals surface area contributed by atoms with E-state index in [0.29, 0.717) is 24.6 Å². The van der Waals surface area contributed by atoms with Crippen LogP contribution in [0.1, 0.15) is 11.7 Å². The van der Waals surface area contributed by atoms with Crippen molar-refractivity contribution in [3.05, 3.63) is 66.5 Å². The minimum atomic E-state index is -0.590. The van der Waals surface area contributed by atoms with E-state index >= 15 is 0 Å². The van der Waals surface area contributed by atoms with Crippen LogP contribution in [0.3, 0.4) is 0 Å². The molecule has 0 saturated carbocycles. The molecule has 0 bridgehead atoms. The van der Waals surface area contributed by atoms with Gasteiger partial charge in [0.1, 0.15) is 12.4 Å². The number of hydrogen-bond donors (Lipinski definition) is 0. The van der Waals surface area contributed by atoms with Gasteiger partial charge in [-0.3, -0.25) is 4.79 Å². The molecule has 0 N–H and O–H groups in total. The highest BCUT2D eigenvalue weighted by Gasteiger charge is 2.39.